The molecule has 3 rings (SSSR count). The average molecular weight is 395 g/mol. The van der Waals surface area contributed by atoms with E-state index in [1.807, 2.05) is 42.6 Å². The van der Waals surface area contributed by atoms with E-state index in [1.54, 1.807) is 19.2 Å². The number of aromatic amines is 1. The summed E-state index contributed by atoms with van der Waals surface area (Å²) in [6.45, 7) is 2.05. The number of benzene rings is 2. The van der Waals surface area contributed by atoms with Gasteiger partial charge in [0.2, 0.25) is 11.8 Å². The number of carbonyl (C=O) groups is 2. The van der Waals surface area contributed by atoms with Crippen LogP contribution in [0.15, 0.2) is 54.7 Å². The molecule has 0 unspecified atom stereocenters. The number of aromatic nitrogens is 1. The second kappa shape index (κ2) is 9.64. The molecule has 3 N–H and O–H groups in total. The summed E-state index contributed by atoms with van der Waals surface area (Å²) >= 11 is 0. The highest BCUT2D eigenvalue weighted by atomic mass is 16.5. The van der Waals surface area contributed by atoms with Gasteiger partial charge in [-0.3, -0.25) is 9.59 Å². The van der Waals surface area contributed by atoms with Gasteiger partial charge in [-0.15, -0.1) is 0 Å². The fourth-order valence-electron chi connectivity index (χ4n) is 3.11. The zero-order chi connectivity index (χ0) is 20.6. The molecule has 1 atom stereocenters. The molecule has 0 spiro atoms. The number of carbonyl (C=O) groups excluding carboxylic acids is 2. The minimum atomic E-state index is -0.660. The van der Waals surface area contributed by atoms with Gasteiger partial charge in [0, 0.05) is 30.4 Å². The molecule has 3 aromatic rings. The van der Waals surface area contributed by atoms with E-state index >= 15 is 0 Å². The van der Waals surface area contributed by atoms with E-state index in [-0.39, 0.29) is 11.8 Å². The molecule has 7 nitrogen and oxygen atoms in total. The van der Waals surface area contributed by atoms with Crippen LogP contribution in [0.25, 0.3) is 10.9 Å². The Morgan fingerprint density at radius 3 is 2.52 bits per heavy atom. The number of methoxy groups -OCH3 is 1. The Morgan fingerprint density at radius 1 is 1.07 bits per heavy atom. The van der Waals surface area contributed by atoms with Crippen molar-refractivity contribution in [1.82, 2.24) is 15.6 Å². The number of nitrogens with one attached hydrogen (secondary N) is 3. The molecule has 0 aliphatic rings. The maximum Gasteiger partial charge on any atom is 0.243 e. The van der Waals surface area contributed by atoms with Crippen molar-refractivity contribution < 1.29 is 19.1 Å². The first-order valence-electron chi connectivity index (χ1n) is 9.43. The van der Waals surface area contributed by atoms with Gasteiger partial charge in [-0.25, -0.2) is 0 Å². The molecule has 0 radical (unpaired) electrons. The first-order valence-corrected chi connectivity index (χ1v) is 9.43. The fourth-order valence-corrected chi connectivity index (χ4v) is 3.11. The van der Waals surface area contributed by atoms with Crippen LogP contribution in [-0.4, -0.2) is 43.1 Å². The summed E-state index contributed by atoms with van der Waals surface area (Å²) in [6.07, 6.45) is 2.27. The van der Waals surface area contributed by atoms with Gasteiger partial charge >= 0.3 is 0 Å². The molecule has 0 aliphatic heterocycles. The molecule has 0 fully saturated rings. The van der Waals surface area contributed by atoms with E-state index in [2.05, 4.69) is 15.6 Å². The van der Waals surface area contributed by atoms with Crippen molar-refractivity contribution >= 4 is 22.7 Å². The molecule has 7 heteroatoms. The van der Waals surface area contributed by atoms with E-state index in [9.17, 15) is 9.59 Å². The van der Waals surface area contributed by atoms with Crippen LogP contribution in [-0.2, 0) is 16.0 Å². The second-order valence-electron chi connectivity index (χ2n) is 6.63. The SMILES string of the molecule is COc1ccc(OCCNC(=O)[C@H](Cc2c[nH]c3ccccc23)NC(C)=O)cc1. The third kappa shape index (κ3) is 5.51. The molecule has 0 aliphatic carbocycles. The topological polar surface area (TPSA) is 92.4 Å². The highest BCUT2D eigenvalue weighted by Gasteiger charge is 2.21. The molecular weight excluding hydrogens is 370 g/mol. The zero-order valence-corrected chi connectivity index (χ0v) is 16.5. The van der Waals surface area contributed by atoms with Gasteiger partial charge in [0.25, 0.3) is 0 Å². The summed E-state index contributed by atoms with van der Waals surface area (Å²) in [7, 11) is 1.60. The minimum absolute atomic E-state index is 0.246. The van der Waals surface area contributed by atoms with Crippen molar-refractivity contribution in [3.63, 3.8) is 0 Å². The number of hydrogen-bond donors (Lipinski definition) is 3. The van der Waals surface area contributed by atoms with Gasteiger partial charge in [0.15, 0.2) is 0 Å². The van der Waals surface area contributed by atoms with E-state index < -0.39 is 6.04 Å². The normalized spacial score (nSPS) is 11.7. The van der Waals surface area contributed by atoms with Crippen molar-refractivity contribution in [3.8, 4) is 11.5 Å². The molecule has 29 heavy (non-hydrogen) atoms. The third-order valence-corrected chi connectivity index (χ3v) is 4.52. The molecule has 152 valence electrons. The lowest BCUT2D eigenvalue weighted by molar-refractivity contribution is -0.128. The van der Waals surface area contributed by atoms with Gasteiger partial charge in [-0.2, -0.15) is 0 Å². The Labute approximate surface area is 169 Å². The molecule has 2 aromatic carbocycles. The Morgan fingerprint density at radius 2 is 1.79 bits per heavy atom. The number of amides is 2. The smallest absolute Gasteiger partial charge is 0.243 e. The number of H-pyrrole nitrogens is 1. The maximum atomic E-state index is 12.6. The Hall–Kier alpha value is -3.48. The predicted molar refractivity (Wildman–Crippen MR) is 111 cm³/mol. The molecule has 0 saturated carbocycles. The Balaban J connectivity index is 1.55. The van der Waals surface area contributed by atoms with Crippen LogP contribution < -0.4 is 20.1 Å². The Bertz CT molecular complexity index is 966. The predicted octanol–water partition coefficient (Wildman–Crippen LogP) is 2.42. The number of rotatable bonds is 9. The molecule has 0 bridgehead atoms. The first-order chi connectivity index (χ1) is 14.1. The lowest BCUT2D eigenvalue weighted by Gasteiger charge is -2.17. The zero-order valence-electron chi connectivity index (χ0n) is 16.5. The van der Waals surface area contributed by atoms with Crippen LogP contribution in [0.2, 0.25) is 0 Å². The van der Waals surface area contributed by atoms with Gasteiger partial charge < -0.3 is 25.1 Å². The summed E-state index contributed by atoms with van der Waals surface area (Å²) in [4.78, 5) is 27.4. The summed E-state index contributed by atoms with van der Waals surface area (Å²) in [6, 6.07) is 14.4. The fraction of sp³-hybridized carbons (Fsp3) is 0.273. The Kier molecular flexibility index (Phi) is 6.73. The van der Waals surface area contributed by atoms with Crippen molar-refractivity contribution in [2.24, 2.45) is 0 Å². The van der Waals surface area contributed by atoms with Crippen LogP contribution in [0.1, 0.15) is 12.5 Å². The van der Waals surface area contributed by atoms with E-state index in [0.717, 1.165) is 22.2 Å². The second-order valence-corrected chi connectivity index (χ2v) is 6.63. The summed E-state index contributed by atoms with van der Waals surface area (Å²) in [5.41, 5.74) is 1.97. The average Bonchev–Trinajstić information content (AvgIpc) is 3.13. The summed E-state index contributed by atoms with van der Waals surface area (Å²) in [5.74, 6) is 0.946. The van der Waals surface area contributed by atoms with Crippen molar-refractivity contribution in [1.29, 1.82) is 0 Å². The van der Waals surface area contributed by atoms with Gasteiger partial charge in [-0.05, 0) is 35.9 Å². The van der Waals surface area contributed by atoms with Gasteiger partial charge in [0.1, 0.15) is 24.1 Å². The molecular formula is C22H25N3O4. The molecule has 2 amide bonds. The van der Waals surface area contributed by atoms with Crippen LogP contribution in [0.5, 0.6) is 11.5 Å². The lowest BCUT2D eigenvalue weighted by atomic mass is 10.0. The molecule has 0 saturated heterocycles. The highest BCUT2D eigenvalue weighted by Crippen LogP contribution is 2.19. The lowest BCUT2D eigenvalue weighted by Crippen LogP contribution is -2.48. The number of hydrogen-bond acceptors (Lipinski definition) is 4. The first kappa shape index (κ1) is 20.3. The quantitative estimate of drug-likeness (QED) is 0.485. The minimum Gasteiger partial charge on any atom is -0.497 e. The van der Waals surface area contributed by atoms with Gasteiger partial charge in [0.05, 0.1) is 13.7 Å². The number of fused-ring (bicyclic) bond motifs is 1. The standard InChI is InChI=1S/C22H25N3O4/c1-15(26)25-21(13-16-14-24-20-6-4-3-5-19(16)20)22(27)23-11-12-29-18-9-7-17(28-2)8-10-18/h3-10,14,21,24H,11-13H2,1-2H3,(H,23,27)(H,25,26)/t21-/m0/s1. The maximum absolute atomic E-state index is 12.6. The summed E-state index contributed by atoms with van der Waals surface area (Å²) in [5, 5.41) is 6.60. The van der Waals surface area contributed by atoms with Crippen LogP contribution in [0, 0.1) is 0 Å². The summed E-state index contributed by atoms with van der Waals surface area (Å²) < 4.78 is 10.7. The van der Waals surface area contributed by atoms with Crippen LogP contribution in [0.4, 0.5) is 0 Å². The van der Waals surface area contributed by atoms with E-state index in [4.69, 9.17) is 9.47 Å². The van der Waals surface area contributed by atoms with E-state index in [0.29, 0.717) is 25.3 Å². The monoisotopic (exact) mass is 395 g/mol. The molecule has 1 heterocycles. The molecule has 1 aromatic heterocycles. The van der Waals surface area contributed by atoms with Crippen molar-refractivity contribution in [2.75, 3.05) is 20.3 Å². The van der Waals surface area contributed by atoms with Crippen molar-refractivity contribution in [3.05, 3.63) is 60.3 Å². The van der Waals surface area contributed by atoms with Crippen molar-refractivity contribution in [2.45, 2.75) is 19.4 Å². The largest absolute Gasteiger partial charge is 0.497 e. The van der Waals surface area contributed by atoms with Crippen LogP contribution >= 0.6 is 0 Å². The highest BCUT2D eigenvalue weighted by molar-refractivity contribution is 5.89. The third-order valence-electron chi connectivity index (χ3n) is 4.52. The van der Waals surface area contributed by atoms with Crippen LogP contribution in [0.3, 0.4) is 0 Å². The number of ether oxygens (including phenoxy) is 2. The number of para-hydroxylation sites is 1. The van der Waals surface area contributed by atoms with E-state index in [1.165, 1.54) is 6.92 Å². The van der Waals surface area contributed by atoms with Gasteiger partial charge in [-0.1, -0.05) is 18.2 Å².